The molecular formula is C19H15ClF7N5O3. The first-order valence-electron chi connectivity index (χ1n) is 9.41. The molecule has 0 saturated carbocycles. The van der Waals surface area contributed by atoms with E-state index >= 15 is 0 Å². The van der Waals surface area contributed by atoms with E-state index in [1.54, 1.807) is 0 Å². The van der Waals surface area contributed by atoms with Crippen LogP contribution in [0.4, 0.5) is 36.4 Å². The van der Waals surface area contributed by atoms with Crippen LogP contribution in [0, 0.1) is 12.7 Å². The average Bonchev–Trinajstić information content (AvgIpc) is 3.27. The summed E-state index contributed by atoms with van der Waals surface area (Å²) in [5, 5.41) is 17.6. The molecule has 1 amide bonds. The van der Waals surface area contributed by atoms with Crippen LogP contribution < -0.4 is 10.1 Å². The Balaban J connectivity index is 2.06. The van der Waals surface area contributed by atoms with Crippen LogP contribution in [0.25, 0.3) is 11.3 Å². The van der Waals surface area contributed by atoms with Gasteiger partial charge in [0.25, 0.3) is 5.91 Å². The van der Waals surface area contributed by atoms with Gasteiger partial charge in [0.1, 0.15) is 23.1 Å². The zero-order valence-electron chi connectivity index (χ0n) is 17.6. The van der Waals surface area contributed by atoms with E-state index in [0.717, 1.165) is 17.8 Å². The van der Waals surface area contributed by atoms with E-state index in [0.29, 0.717) is 17.8 Å². The van der Waals surface area contributed by atoms with E-state index in [9.17, 15) is 40.6 Å². The molecule has 190 valence electrons. The number of benzene rings is 1. The molecule has 0 radical (unpaired) electrons. The molecule has 1 aromatic carbocycles. The van der Waals surface area contributed by atoms with Crippen molar-refractivity contribution in [3.05, 3.63) is 46.4 Å². The van der Waals surface area contributed by atoms with Gasteiger partial charge in [-0.05, 0) is 19.1 Å². The number of aliphatic hydroxyl groups is 1. The number of hydrogen-bond donors (Lipinski definition) is 3. The molecule has 3 rings (SSSR count). The summed E-state index contributed by atoms with van der Waals surface area (Å²) >= 11 is 5.83. The number of aliphatic hydroxyl groups excluding tert-OH is 1. The quantitative estimate of drug-likeness (QED) is 0.402. The van der Waals surface area contributed by atoms with Crippen molar-refractivity contribution in [1.29, 1.82) is 0 Å². The van der Waals surface area contributed by atoms with Crippen molar-refractivity contribution in [2.24, 2.45) is 7.05 Å². The van der Waals surface area contributed by atoms with E-state index < -0.39 is 65.2 Å². The summed E-state index contributed by atoms with van der Waals surface area (Å²) in [6.45, 7) is -0.378. The largest absolute Gasteiger partial charge is 0.483 e. The maximum absolute atomic E-state index is 14.9. The van der Waals surface area contributed by atoms with Crippen LogP contribution >= 0.6 is 11.6 Å². The van der Waals surface area contributed by atoms with Crippen LogP contribution in [0.15, 0.2) is 18.3 Å². The fourth-order valence-corrected chi connectivity index (χ4v) is 3.17. The predicted octanol–water partition coefficient (Wildman–Crippen LogP) is 4.70. The SMILES string of the molecule is Cc1[nH]nc(Cl)c1NC(=O)c1cc(F)c(-c2cn(C)c(C(O)C(F)(F)F)n2)cc1OCC(F)(F)F. The van der Waals surface area contributed by atoms with Gasteiger partial charge >= 0.3 is 12.4 Å². The summed E-state index contributed by atoms with van der Waals surface area (Å²) in [7, 11) is 1.10. The smallest absolute Gasteiger partial charge is 0.422 e. The van der Waals surface area contributed by atoms with Gasteiger partial charge in [-0.15, -0.1) is 0 Å². The number of aromatic amines is 1. The highest BCUT2D eigenvalue weighted by Crippen LogP contribution is 2.36. The van der Waals surface area contributed by atoms with Crippen molar-refractivity contribution in [3.8, 4) is 17.0 Å². The molecule has 0 saturated heterocycles. The van der Waals surface area contributed by atoms with Gasteiger partial charge in [0, 0.05) is 18.8 Å². The number of nitrogens with zero attached hydrogens (tertiary/aromatic N) is 3. The third-order valence-electron chi connectivity index (χ3n) is 4.59. The third kappa shape index (κ3) is 5.85. The number of halogens is 8. The predicted molar refractivity (Wildman–Crippen MR) is 107 cm³/mol. The number of imidazole rings is 1. The first kappa shape index (κ1) is 26.3. The summed E-state index contributed by atoms with van der Waals surface area (Å²) < 4.78 is 97.3. The van der Waals surface area contributed by atoms with Crippen LogP contribution in [0.2, 0.25) is 5.15 Å². The van der Waals surface area contributed by atoms with Crippen LogP contribution in [0.5, 0.6) is 5.75 Å². The minimum absolute atomic E-state index is 0.0153. The lowest BCUT2D eigenvalue weighted by Crippen LogP contribution is -2.23. The summed E-state index contributed by atoms with van der Waals surface area (Å²) in [6, 6.07) is 1.22. The number of aromatic nitrogens is 4. The first-order valence-corrected chi connectivity index (χ1v) is 9.79. The van der Waals surface area contributed by atoms with Gasteiger partial charge in [-0.1, -0.05) is 11.6 Å². The van der Waals surface area contributed by atoms with Gasteiger partial charge in [0.15, 0.2) is 11.8 Å². The molecule has 2 heterocycles. The number of anilines is 1. The number of aryl methyl sites for hydroxylation is 2. The molecule has 0 bridgehead atoms. The molecule has 0 aliphatic rings. The minimum atomic E-state index is -5.08. The second-order valence-corrected chi connectivity index (χ2v) is 7.60. The Morgan fingerprint density at radius 1 is 1.29 bits per heavy atom. The molecule has 8 nitrogen and oxygen atoms in total. The summed E-state index contributed by atoms with van der Waals surface area (Å²) in [6.07, 6.45) is -12.0. The lowest BCUT2D eigenvalue weighted by molar-refractivity contribution is -0.209. The zero-order valence-corrected chi connectivity index (χ0v) is 18.4. The monoisotopic (exact) mass is 529 g/mol. The molecule has 0 spiro atoms. The number of alkyl halides is 6. The first-order chi connectivity index (χ1) is 16.1. The molecule has 3 aromatic rings. The molecular weight excluding hydrogens is 515 g/mol. The molecule has 2 aromatic heterocycles. The molecule has 35 heavy (non-hydrogen) atoms. The number of nitrogens with one attached hydrogen (secondary N) is 2. The maximum atomic E-state index is 14.9. The Morgan fingerprint density at radius 3 is 2.49 bits per heavy atom. The van der Waals surface area contributed by atoms with E-state index in [1.807, 2.05) is 0 Å². The van der Waals surface area contributed by atoms with Crippen molar-refractivity contribution in [3.63, 3.8) is 0 Å². The van der Waals surface area contributed by atoms with E-state index in [2.05, 4.69) is 25.2 Å². The van der Waals surface area contributed by atoms with Crippen LogP contribution in [-0.2, 0) is 7.05 Å². The van der Waals surface area contributed by atoms with Crippen molar-refractivity contribution in [2.45, 2.75) is 25.4 Å². The molecule has 0 aliphatic heterocycles. The Hall–Kier alpha value is -3.33. The second-order valence-electron chi connectivity index (χ2n) is 7.24. The van der Waals surface area contributed by atoms with E-state index in [-0.39, 0.29) is 10.8 Å². The maximum Gasteiger partial charge on any atom is 0.422 e. The number of carbonyl (C=O) groups is 1. The van der Waals surface area contributed by atoms with Gasteiger partial charge in [0.05, 0.1) is 17.0 Å². The number of hydrogen-bond acceptors (Lipinski definition) is 5. The summed E-state index contributed by atoms with van der Waals surface area (Å²) in [5.74, 6) is -3.95. The Kier molecular flexibility index (Phi) is 7.04. The minimum Gasteiger partial charge on any atom is -0.483 e. The molecule has 0 aliphatic carbocycles. The van der Waals surface area contributed by atoms with Gasteiger partial charge in [-0.3, -0.25) is 9.89 Å². The third-order valence-corrected chi connectivity index (χ3v) is 4.86. The van der Waals surface area contributed by atoms with Crippen molar-refractivity contribution < 1.29 is 45.4 Å². The van der Waals surface area contributed by atoms with Crippen LogP contribution in [0.3, 0.4) is 0 Å². The highest BCUT2D eigenvalue weighted by Gasteiger charge is 2.42. The van der Waals surface area contributed by atoms with Crippen molar-refractivity contribution >= 4 is 23.2 Å². The number of carbonyl (C=O) groups excluding carboxylic acids is 1. The Labute approximate surface area is 196 Å². The number of rotatable bonds is 6. The number of H-pyrrole nitrogens is 1. The number of ether oxygens (including phenoxy) is 1. The van der Waals surface area contributed by atoms with E-state index in [1.165, 1.54) is 6.92 Å². The normalized spacial score (nSPS) is 13.1. The number of amides is 1. The summed E-state index contributed by atoms with van der Waals surface area (Å²) in [4.78, 5) is 16.3. The van der Waals surface area contributed by atoms with E-state index in [4.69, 9.17) is 11.6 Å². The standard InChI is InChI=1S/C19H15ClF7N5O3/c1-7-13(15(20)31-30-7)29-17(34)9-3-10(21)8(4-12(9)35-6-18(22,23)24)11-5-32(2)16(28-11)14(33)19(25,26)27/h3-5,14,33H,6H2,1-2H3,(H,29,34)(H,30,31). The Morgan fingerprint density at radius 2 is 1.94 bits per heavy atom. The van der Waals surface area contributed by atoms with Crippen molar-refractivity contribution in [2.75, 3.05) is 11.9 Å². The molecule has 16 heteroatoms. The van der Waals surface area contributed by atoms with Gasteiger partial charge in [0.2, 0.25) is 6.10 Å². The van der Waals surface area contributed by atoms with Crippen molar-refractivity contribution in [1.82, 2.24) is 19.7 Å². The van der Waals surface area contributed by atoms with Crippen LogP contribution in [-0.4, -0.2) is 49.7 Å². The van der Waals surface area contributed by atoms with Gasteiger partial charge in [-0.25, -0.2) is 9.37 Å². The highest BCUT2D eigenvalue weighted by molar-refractivity contribution is 6.33. The molecule has 0 fully saturated rings. The highest BCUT2D eigenvalue weighted by atomic mass is 35.5. The topological polar surface area (TPSA) is 105 Å². The lowest BCUT2D eigenvalue weighted by Gasteiger charge is -2.15. The lowest BCUT2D eigenvalue weighted by atomic mass is 10.1. The van der Waals surface area contributed by atoms with Gasteiger partial charge < -0.3 is 19.7 Å². The fraction of sp³-hybridized carbons (Fsp3) is 0.316. The zero-order chi connectivity index (χ0) is 26.3. The van der Waals surface area contributed by atoms with Gasteiger partial charge in [-0.2, -0.15) is 31.4 Å². The fourth-order valence-electron chi connectivity index (χ4n) is 2.94. The summed E-state index contributed by atoms with van der Waals surface area (Å²) in [5.41, 5.74) is -1.42. The molecule has 3 N–H and O–H groups in total. The molecule has 1 atom stereocenters. The Bertz CT molecular complexity index is 1230. The van der Waals surface area contributed by atoms with Crippen LogP contribution in [0.1, 0.15) is 28.0 Å². The average molecular weight is 530 g/mol. The molecule has 1 unspecified atom stereocenters. The second kappa shape index (κ2) is 9.37.